The van der Waals surface area contributed by atoms with Gasteiger partial charge in [0, 0.05) is 12.8 Å². The Morgan fingerprint density at radius 3 is 2.48 bits per heavy atom. The third-order valence-electron chi connectivity index (χ3n) is 5.32. The van der Waals surface area contributed by atoms with Crippen molar-refractivity contribution in [3.63, 3.8) is 0 Å². The van der Waals surface area contributed by atoms with Crippen molar-refractivity contribution in [3.8, 4) is 16.9 Å². The number of nitrogens with one attached hydrogen (secondary N) is 1. The van der Waals surface area contributed by atoms with Crippen molar-refractivity contribution in [1.82, 2.24) is 15.0 Å². The molecule has 1 aliphatic heterocycles. The molecular formula is C22H21F2N3O4. The van der Waals surface area contributed by atoms with Crippen LogP contribution in [0, 0.1) is 11.6 Å². The molecule has 4 rings (SSSR count). The van der Waals surface area contributed by atoms with Gasteiger partial charge in [0.2, 0.25) is 0 Å². The number of rotatable bonds is 4. The molecule has 0 atom stereocenters. The van der Waals surface area contributed by atoms with E-state index in [0.29, 0.717) is 31.5 Å². The fourth-order valence-corrected chi connectivity index (χ4v) is 3.82. The van der Waals surface area contributed by atoms with Gasteiger partial charge in [-0.3, -0.25) is 4.79 Å². The minimum Gasteiger partial charge on any atom is -0.494 e. The van der Waals surface area contributed by atoms with Crippen LogP contribution >= 0.6 is 0 Å². The highest BCUT2D eigenvalue weighted by Gasteiger charge is 2.25. The van der Waals surface area contributed by atoms with Crippen LogP contribution in [0.5, 0.6) is 5.75 Å². The largest absolute Gasteiger partial charge is 0.494 e. The fraction of sp³-hybridized carbons (Fsp3) is 0.318. The molecule has 1 saturated heterocycles. The molecule has 1 N–H and O–H groups in total. The van der Waals surface area contributed by atoms with Gasteiger partial charge in [0.05, 0.1) is 12.5 Å². The molecule has 31 heavy (non-hydrogen) atoms. The smallest absolute Gasteiger partial charge is 0.330 e. The Balaban J connectivity index is 1.91. The van der Waals surface area contributed by atoms with Gasteiger partial charge in [-0.2, -0.15) is 0 Å². The Kier molecular flexibility index (Phi) is 5.69. The molecular weight excluding hydrogens is 408 g/mol. The first-order valence-corrected chi connectivity index (χ1v) is 9.88. The van der Waals surface area contributed by atoms with Crippen molar-refractivity contribution >= 4 is 16.9 Å². The van der Waals surface area contributed by atoms with Gasteiger partial charge in [-0.15, -0.1) is 4.73 Å². The molecule has 162 valence electrons. The standard InChI is InChI=1S/C22H21F2N3O4/c1-12(28)31-27-21(13-5-7-25-8-6-13)26-20-16(22(27)29)9-15(11-18(20)24)14-3-4-19(30-2)17(23)10-14/h3-4,9-11,13,25H,5-8H2,1-2H3. The van der Waals surface area contributed by atoms with E-state index in [4.69, 9.17) is 9.57 Å². The maximum atomic E-state index is 15.1. The molecule has 0 aliphatic carbocycles. The minimum absolute atomic E-state index is 0.0514. The number of nitrogens with zero attached hydrogens (tertiary/aromatic N) is 2. The SMILES string of the molecule is COc1ccc(-c2cc(F)c3nc(C4CCNCC4)n(OC(C)=O)c(=O)c3c2)cc1F. The minimum atomic E-state index is -0.717. The summed E-state index contributed by atoms with van der Waals surface area (Å²) in [7, 11) is 1.34. The number of hydrogen-bond acceptors (Lipinski definition) is 6. The molecule has 0 radical (unpaired) electrons. The molecule has 2 aromatic carbocycles. The van der Waals surface area contributed by atoms with Crippen LogP contribution in [-0.4, -0.2) is 35.9 Å². The van der Waals surface area contributed by atoms with Crippen molar-refractivity contribution in [2.24, 2.45) is 0 Å². The molecule has 0 bridgehead atoms. The zero-order chi connectivity index (χ0) is 22.1. The molecule has 1 aliphatic rings. The summed E-state index contributed by atoms with van der Waals surface area (Å²) in [5.74, 6) is -1.91. The van der Waals surface area contributed by atoms with E-state index < -0.39 is 23.2 Å². The third-order valence-corrected chi connectivity index (χ3v) is 5.32. The van der Waals surface area contributed by atoms with Crippen LogP contribution in [0.15, 0.2) is 35.1 Å². The lowest BCUT2D eigenvalue weighted by molar-refractivity contribution is -0.142. The van der Waals surface area contributed by atoms with Crippen LogP contribution in [0.25, 0.3) is 22.0 Å². The van der Waals surface area contributed by atoms with E-state index in [1.54, 1.807) is 6.07 Å². The predicted octanol–water partition coefficient (Wildman–Crippen LogP) is 2.79. The number of ether oxygens (including phenoxy) is 1. The molecule has 0 spiro atoms. The highest BCUT2D eigenvalue weighted by atomic mass is 19.1. The second-order valence-electron chi connectivity index (χ2n) is 7.38. The number of aromatic nitrogens is 2. The van der Waals surface area contributed by atoms with E-state index in [2.05, 4.69) is 10.3 Å². The van der Waals surface area contributed by atoms with Crippen LogP contribution in [0.3, 0.4) is 0 Å². The average Bonchev–Trinajstić information content (AvgIpc) is 2.76. The Hall–Kier alpha value is -3.33. The average molecular weight is 429 g/mol. The Labute approximate surface area is 176 Å². The highest BCUT2D eigenvalue weighted by molar-refractivity contribution is 5.84. The van der Waals surface area contributed by atoms with Crippen LogP contribution in [0.2, 0.25) is 0 Å². The number of piperidine rings is 1. The van der Waals surface area contributed by atoms with E-state index in [9.17, 15) is 14.0 Å². The first-order valence-electron chi connectivity index (χ1n) is 9.88. The predicted molar refractivity (Wildman–Crippen MR) is 110 cm³/mol. The molecule has 7 nitrogen and oxygen atoms in total. The summed E-state index contributed by atoms with van der Waals surface area (Å²) < 4.78 is 35.0. The zero-order valence-corrected chi connectivity index (χ0v) is 17.1. The highest BCUT2D eigenvalue weighted by Crippen LogP contribution is 2.30. The number of methoxy groups -OCH3 is 1. The second-order valence-corrected chi connectivity index (χ2v) is 7.38. The second kappa shape index (κ2) is 8.43. The number of halogens is 2. The van der Waals surface area contributed by atoms with E-state index in [0.717, 1.165) is 4.73 Å². The van der Waals surface area contributed by atoms with Gasteiger partial charge in [0.1, 0.15) is 11.3 Å². The third kappa shape index (κ3) is 4.00. The number of benzene rings is 2. The maximum absolute atomic E-state index is 15.1. The fourth-order valence-electron chi connectivity index (χ4n) is 3.82. The van der Waals surface area contributed by atoms with Gasteiger partial charge in [0.25, 0.3) is 5.56 Å². The monoisotopic (exact) mass is 429 g/mol. The lowest BCUT2D eigenvalue weighted by atomic mass is 9.96. The summed E-state index contributed by atoms with van der Waals surface area (Å²) in [6, 6.07) is 6.80. The summed E-state index contributed by atoms with van der Waals surface area (Å²) in [6.45, 7) is 2.60. The van der Waals surface area contributed by atoms with Crippen molar-refractivity contribution in [3.05, 3.63) is 58.1 Å². The maximum Gasteiger partial charge on any atom is 0.330 e. The van der Waals surface area contributed by atoms with Gasteiger partial charge in [-0.25, -0.2) is 18.6 Å². The molecule has 0 saturated carbocycles. The van der Waals surface area contributed by atoms with E-state index in [1.165, 1.54) is 38.3 Å². The Morgan fingerprint density at radius 1 is 1.13 bits per heavy atom. The van der Waals surface area contributed by atoms with E-state index >= 15 is 4.39 Å². The van der Waals surface area contributed by atoms with Crippen molar-refractivity contribution in [1.29, 1.82) is 0 Å². The summed E-state index contributed by atoms with van der Waals surface area (Å²) in [5, 5.41) is 3.14. The van der Waals surface area contributed by atoms with Gasteiger partial charge in [0.15, 0.2) is 17.4 Å². The van der Waals surface area contributed by atoms with Crippen molar-refractivity contribution in [2.45, 2.75) is 25.7 Å². The van der Waals surface area contributed by atoms with E-state index in [-0.39, 0.29) is 34.0 Å². The van der Waals surface area contributed by atoms with Gasteiger partial charge in [-0.1, -0.05) is 6.07 Å². The summed E-state index contributed by atoms with van der Waals surface area (Å²) in [6.07, 6.45) is 1.34. The number of hydrogen-bond donors (Lipinski definition) is 1. The normalized spacial score (nSPS) is 14.6. The van der Waals surface area contributed by atoms with Gasteiger partial charge < -0.3 is 14.9 Å². The van der Waals surface area contributed by atoms with Crippen molar-refractivity contribution < 1.29 is 23.1 Å². The number of carbonyl (C=O) groups excluding carboxylic acids is 1. The van der Waals surface area contributed by atoms with Crippen LogP contribution in [-0.2, 0) is 4.79 Å². The first kappa shape index (κ1) is 20.9. The number of carbonyl (C=O) groups is 1. The molecule has 1 aromatic heterocycles. The molecule has 0 unspecified atom stereocenters. The quantitative estimate of drug-likeness (QED) is 0.687. The lowest BCUT2D eigenvalue weighted by Crippen LogP contribution is -2.37. The molecule has 9 heteroatoms. The number of fused-ring (bicyclic) bond motifs is 1. The summed E-state index contributed by atoms with van der Waals surface area (Å²) in [5.41, 5.74) is -0.155. The molecule has 3 aromatic rings. The first-order chi connectivity index (χ1) is 14.9. The zero-order valence-electron chi connectivity index (χ0n) is 17.1. The van der Waals surface area contributed by atoms with Gasteiger partial charge in [-0.05, 0) is 61.3 Å². The van der Waals surface area contributed by atoms with Gasteiger partial charge >= 0.3 is 5.97 Å². The van der Waals surface area contributed by atoms with E-state index in [1.807, 2.05) is 0 Å². The van der Waals surface area contributed by atoms with Crippen LogP contribution in [0.4, 0.5) is 8.78 Å². The topological polar surface area (TPSA) is 82.4 Å². The Morgan fingerprint density at radius 2 is 1.84 bits per heavy atom. The Bertz CT molecular complexity index is 1220. The summed E-state index contributed by atoms with van der Waals surface area (Å²) in [4.78, 5) is 34.4. The lowest BCUT2D eigenvalue weighted by Gasteiger charge is -2.24. The van der Waals surface area contributed by atoms with Crippen LogP contribution < -0.4 is 20.5 Å². The molecule has 1 fully saturated rings. The molecule has 2 heterocycles. The van der Waals surface area contributed by atoms with Crippen molar-refractivity contribution in [2.75, 3.05) is 20.2 Å². The summed E-state index contributed by atoms with van der Waals surface area (Å²) >= 11 is 0. The van der Waals surface area contributed by atoms with Crippen LogP contribution in [0.1, 0.15) is 31.5 Å². The molecule has 0 amide bonds.